The van der Waals surface area contributed by atoms with Gasteiger partial charge in [-0.1, -0.05) is 296 Å². The molecule has 0 rings (SSSR count). The average Bonchev–Trinajstić information content (AvgIpc) is 3.46. The van der Waals surface area contributed by atoms with Crippen molar-refractivity contribution < 1.29 is 28.6 Å². The molecule has 0 aromatic carbocycles. The maximum absolute atomic E-state index is 12.9. The molecule has 0 heterocycles. The smallest absolute Gasteiger partial charge is 0.306 e. The van der Waals surface area contributed by atoms with E-state index in [0.29, 0.717) is 12.8 Å². The molecule has 0 bridgehead atoms. The molecule has 454 valence electrons. The van der Waals surface area contributed by atoms with Crippen LogP contribution in [0.1, 0.15) is 297 Å². The summed E-state index contributed by atoms with van der Waals surface area (Å²) in [5.41, 5.74) is 0. The van der Waals surface area contributed by atoms with E-state index in [-0.39, 0.29) is 37.5 Å². The molecular weight excluding hydrogens is 985 g/mol. The van der Waals surface area contributed by atoms with Crippen molar-refractivity contribution in [3.8, 4) is 0 Å². The Hall–Kier alpha value is -4.45. The van der Waals surface area contributed by atoms with Crippen LogP contribution in [0.15, 0.2) is 134 Å². The molecule has 1 atom stereocenters. The van der Waals surface area contributed by atoms with Crippen LogP contribution in [0.25, 0.3) is 0 Å². The van der Waals surface area contributed by atoms with Gasteiger partial charge < -0.3 is 14.2 Å². The molecule has 80 heavy (non-hydrogen) atoms. The highest BCUT2D eigenvalue weighted by molar-refractivity contribution is 5.71. The van der Waals surface area contributed by atoms with Crippen molar-refractivity contribution in [1.82, 2.24) is 0 Å². The summed E-state index contributed by atoms with van der Waals surface area (Å²) in [7, 11) is 0. The van der Waals surface area contributed by atoms with E-state index in [2.05, 4.69) is 154 Å². The van der Waals surface area contributed by atoms with Crippen molar-refractivity contribution in [3.05, 3.63) is 134 Å². The van der Waals surface area contributed by atoms with Gasteiger partial charge in [0.25, 0.3) is 0 Å². The van der Waals surface area contributed by atoms with Crippen molar-refractivity contribution in [3.63, 3.8) is 0 Å². The number of unbranched alkanes of at least 4 members (excludes halogenated alkanes) is 26. The fourth-order valence-corrected chi connectivity index (χ4v) is 9.00. The van der Waals surface area contributed by atoms with Crippen molar-refractivity contribution >= 4 is 17.9 Å². The van der Waals surface area contributed by atoms with Crippen LogP contribution in [0.3, 0.4) is 0 Å². The summed E-state index contributed by atoms with van der Waals surface area (Å²) in [6.45, 7) is 6.39. The van der Waals surface area contributed by atoms with Crippen molar-refractivity contribution in [1.29, 1.82) is 0 Å². The van der Waals surface area contributed by atoms with Gasteiger partial charge in [0.15, 0.2) is 6.10 Å². The van der Waals surface area contributed by atoms with Crippen LogP contribution in [0.4, 0.5) is 0 Å². The fraction of sp³-hybridized carbons (Fsp3) is 0.662. The number of esters is 3. The Morgan fingerprint density at radius 1 is 0.263 bits per heavy atom. The third kappa shape index (κ3) is 64.4. The molecule has 0 aliphatic heterocycles. The van der Waals surface area contributed by atoms with Gasteiger partial charge in [-0.15, -0.1) is 0 Å². The zero-order chi connectivity index (χ0) is 57.8. The summed E-state index contributed by atoms with van der Waals surface area (Å²) in [6, 6.07) is 0. The minimum Gasteiger partial charge on any atom is -0.462 e. The highest BCUT2D eigenvalue weighted by Gasteiger charge is 2.19. The molecule has 0 fully saturated rings. The number of rotatable bonds is 59. The minimum atomic E-state index is -0.799. The first kappa shape index (κ1) is 75.5. The first-order valence-electron chi connectivity index (χ1n) is 33.2. The van der Waals surface area contributed by atoms with Gasteiger partial charge in [-0.3, -0.25) is 14.4 Å². The third-order valence-corrected chi connectivity index (χ3v) is 13.9. The number of carbonyl (C=O) groups is 3. The van der Waals surface area contributed by atoms with Crippen molar-refractivity contribution in [2.45, 2.75) is 303 Å². The predicted molar refractivity (Wildman–Crippen MR) is 348 cm³/mol. The van der Waals surface area contributed by atoms with Gasteiger partial charge in [-0.25, -0.2) is 0 Å². The van der Waals surface area contributed by atoms with Crippen LogP contribution in [-0.4, -0.2) is 37.2 Å². The summed E-state index contributed by atoms with van der Waals surface area (Å²) in [5.74, 6) is -0.921. The Balaban J connectivity index is 4.30. The van der Waals surface area contributed by atoms with Crippen LogP contribution in [0.5, 0.6) is 0 Å². The first-order chi connectivity index (χ1) is 39.5. The van der Waals surface area contributed by atoms with E-state index in [4.69, 9.17) is 14.2 Å². The van der Waals surface area contributed by atoms with Crippen LogP contribution in [-0.2, 0) is 28.6 Å². The van der Waals surface area contributed by atoms with E-state index in [1.165, 1.54) is 122 Å². The molecule has 0 aliphatic rings. The average molecular weight is 1110 g/mol. The number of allylic oxidation sites excluding steroid dienone is 22. The Morgan fingerprint density at radius 3 is 0.775 bits per heavy atom. The highest BCUT2D eigenvalue weighted by Crippen LogP contribution is 2.16. The lowest BCUT2D eigenvalue weighted by Gasteiger charge is -2.18. The number of carbonyl (C=O) groups excluding carboxylic acids is 3. The van der Waals surface area contributed by atoms with E-state index in [1.807, 2.05) is 0 Å². The Labute approximate surface area is 494 Å². The highest BCUT2D eigenvalue weighted by atomic mass is 16.6. The standard InChI is InChI=1S/C74H122O6/c1-4-7-10-13-16-19-22-25-27-29-31-32-33-34-35-36-37-38-39-40-41-42-44-45-47-49-52-55-58-61-64-67-73(76)79-70-71(69-78-72(75)66-63-60-57-54-51-24-21-18-15-12-9-6-3)80-74(77)68-65-62-59-56-53-50-48-46-43-30-28-26-23-20-17-14-11-8-5-2/h7-8,10-11,16-17,19-20,25-28,31-32,34-35,37-38,43,46,50,53,71H,4-6,9,12-15,18,21-24,29-30,33,36,39-42,44-45,47-49,51-52,54-70H2,1-3H3/b10-7-,11-8-,19-16-,20-17-,27-25-,28-26-,32-31-,35-34-,38-37-,46-43-,53-50-. The molecule has 0 radical (unpaired) electrons. The summed E-state index contributed by atoms with van der Waals surface area (Å²) in [5, 5.41) is 0. The van der Waals surface area contributed by atoms with Crippen LogP contribution in [0, 0.1) is 0 Å². The molecule has 0 N–H and O–H groups in total. The van der Waals surface area contributed by atoms with Gasteiger partial charge in [0, 0.05) is 19.3 Å². The van der Waals surface area contributed by atoms with Crippen molar-refractivity contribution in [2.24, 2.45) is 0 Å². The molecule has 0 aromatic rings. The van der Waals surface area contributed by atoms with Gasteiger partial charge in [0.2, 0.25) is 0 Å². The quantitative estimate of drug-likeness (QED) is 0.0261. The molecule has 1 unspecified atom stereocenters. The van der Waals surface area contributed by atoms with Gasteiger partial charge in [-0.2, -0.15) is 0 Å². The number of ether oxygens (including phenoxy) is 3. The second-order valence-corrected chi connectivity index (χ2v) is 21.6. The molecule has 0 aliphatic carbocycles. The third-order valence-electron chi connectivity index (χ3n) is 13.9. The molecule has 0 saturated carbocycles. The van der Waals surface area contributed by atoms with Crippen molar-refractivity contribution in [2.75, 3.05) is 13.2 Å². The Kier molecular flexibility index (Phi) is 63.3. The SMILES string of the molecule is CC/C=C\C/C=C\C/C=C\C/C=C\C/C=C\C/C=C\CCCCCCCCCCCCCCC(=O)OCC(COC(=O)CCCCCCCCCCCCCC)OC(=O)CCCCC/C=C\C/C=C\C/C=C\C/C=C\C/C=C\CC. The fourth-order valence-electron chi connectivity index (χ4n) is 9.00. The summed E-state index contributed by atoms with van der Waals surface area (Å²) >= 11 is 0. The van der Waals surface area contributed by atoms with Gasteiger partial charge >= 0.3 is 17.9 Å². The lowest BCUT2D eigenvalue weighted by molar-refractivity contribution is -0.167. The summed E-state index contributed by atoms with van der Waals surface area (Å²) in [6.07, 6.45) is 94.7. The van der Waals surface area contributed by atoms with E-state index >= 15 is 0 Å². The second kappa shape index (κ2) is 67.1. The van der Waals surface area contributed by atoms with Gasteiger partial charge in [-0.05, 0) is 116 Å². The molecule has 0 spiro atoms. The zero-order valence-corrected chi connectivity index (χ0v) is 52.0. The zero-order valence-electron chi connectivity index (χ0n) is 52.0. The van der Waals surface area contributed by atoms with E-state index in [9.17, 15) is 14.4 Å². The largest absolute Gasteiger partial charge is 0.462 e. The van der Waals surface area contributed by atoms with Gasteiger partial charge in [0.1, 0.15) is 13.2 Å². The van der Waals surface area contributed by atoms with Crippen LogP contribution < -0.4 is 0 Å². The lowest BCUT2D eigenvalue weighted by Crippen LogP contribution is -2.30. The molecular formula is C74H122O6. The molecule has 6 nitrogen and oxygen atoms in total. The lowest BCUT2D eigenvalue weighted by atomic mass is 10.0. The Bertz CT molecular complexity index is 1700. The van der Waals surface area contributed by atoms with E-state index in [1.54, 1.807) is 0 Å². The van der Waals surface area contributed by atoms with Gasteiger partial charge in [0.05, 0.1) is 0 Å². The number of hydrogen-bond acceptors (Lipinski definition) is 6. The molecule has 0 saturated heterocycles. The topological polar surface area (TPSA) is 78.9 Å². The normalized spacial score (nSPS) is 13.0. The molecule has 0 aromatic heterocycles. The maximum atomic E-state index is 12.9. The summed E-state index contributed by atoms with van der Waals surface area (Å²) < 4.78 is 16.9. The summed E-state index contributed by atoms with van der Waals surface area (Å²) in [4.78, 5) is 38.3. The predicted octanol–water partition coefficient (Wildman–Crippen LogP) is 22.9. The van der Waals surface area contributed by atoms with Crippen LogP contribution >= 0.6 is 0 Å². The van der Waals surface area contributed by atoms with E-state index in [0.717, 1.165) is 135 Å². The maximum Gasteiger partial charge on any atom is 0.306 e. The minimum absolute atomic E-state index is 0.0920. The molecule has 6 heteroatoms. The monoisotopic (exact) mass is 1110 g/mol. The van der Waals surface area contributed by atoms with Crippen LogP contribution in [0.2, 0.25) is 0 Å². The first-order valence-corrected chi connectivity index (χ1v) is 33.2. The molecule has 0 amide bonds. The second-order valence-electron chi connectivity index (χ2n) is 21.6. The Morgan fingerprint density at radius 2 is 0.487 bits per heavy atom. The van der Waals surface area contributed by atoms with E-state index < -0.39 is 6.10 Å². The number of hydrogen-bond donors (Lipinski definition) is 0.